The molecule has 0 saturated heterocycles. The first kappa shape index (κ1) is 18.5. The average molecular weight is 336 g/mol. The minimum Gasteiger partial charge on any atom is -0.481 e. The minimum absolute atomic E-state index is 0.0226. The van der Waals surface area contributed by atoms with Crippen LogP contribution in [0.3, 0.4) is 0 Å². The predicted octanol–water partition coefficient (Wildman–Crippen LogP) is 1.86. The van der Waals surface area contributed by atoms with Crippen molar-refractivity contribution in [3.63, 3.8) is 0 Å². The number of carbonyl (C=O) groups is 2. The summed E-state index contributed by atoms with van der Waals surface area (Å²) in [6.45, 7) is 0.786. The Hall–Kier alpha value is -2.52. The third kappa shape index (κ3) is 7.88. The van der Waals surface area contributed by atoms with Gasteiger partial charge in [0.15, 0.2) is 0 Å². The maximum absolute atomic E-state index is 11.7. The first-order valence-electron chi connectivity index (χ1n) is 7.11. The molecule has 0 heterocycles. The molecule has 0 saturated carbocycles. The van der Waals surface area contributed by atoms with E-state index in [0.717, 1.165) is 12.0 Å². The summed E-state index contributed by atoms with van der Waals surface area (Å²) < 4.78 is 0. The minimum atomic E-state index is -0.917. The molecule has 0 bridgehead atoms. The number of nitrogens with one attached hydrogen (secondary N) is 2. The summed E-state index contributed by atoms with van der Waals surface area (Å²) in [5.74, 6) is -1.43. The van der Waals surface area contributed by atoms with Crippen LogP contribution in [0.5, 0.6) is 0 Å². The van der Waals surface area contributed by atoms with Crippen molar-refractivity contribution in [2.45, 2.75) is 19.3 Å². The molecule has 0 aliphatic heterocycles. The summed E-state index contributed by atoms with van der Waals surface area (Å²) in [5.41, 5.74) is 1.04. The van der Waals surface area contributed by atoms with Gasteiger partial charge in [0.1, 0.15) is 11.6 Å². The van der Waals surface area contributed by atoms with Crippen LogP contribution in [-0.4, -0.2) is 30.1 Å². The number of carboxylic acid groups (broad SMARTS) is 1. The second-order valence-corrected chi connectivity index (χ2v) is 5.19. The molecule has 1 aromatic carbocycles. The number of aliphatic carboxylic acids is 1. The molecular formula is C16H18ClN3O3. The van der Waals surface area contributed by atoms with E-state index in [2.05, 4.69) is 10.6 Å². The molecule has 1 aromatic rings. The number of hydrogen-bond acceptors (Lipinski definition) is 4. The Balaban J connectivity index is 2.34. The smallest absolute Gasteiger partial charge is 0.303 e. The van der Waals surface area contributed by atoms with Crippen LogP contribution in [0.25, 0.3) is 0 Å². The number of rotatable bonds is 9. The third-order valence-electron chi connectivity index (χ3n) is 2.94. The second-order valence-electron chi connectivity index (χ2n) is 4.75. The molecule has 0 aliphatic carbocycles. The van der Waals surface area contributed by atoms with Crippen LogP contribution in [0.1, 0.15) is 18.4 Å². The number of amides is 1. The molecule has 0 atom stereocenters. The lowest BCUT2D eigenvalue weighted by Crippen LogP contribution is -2.27. The van der Waals surface area contributed by atoms with Crippen molar-refractivity contribution in [2.75, 3.05) is 13.1 Å². The highest BCUT2D eigenvalue weighted by Gasteiger charge is 2.08. The maximum atomic E-state index is 11.7. The summed E-state index contributed by atoms with van der Waals surface area (Å²) in [6.07, 6.45) is 2.39. The lowest BCUT2D eigenvalue weighted by atomic mass is 10.1. The summed E-state index contributed by atoms with van der Waals surface area (Å²) in [6, 6.07) is 9.24. The third-order valence-corrected chi connectivity index (χ3v) is 3.19. The molecule has 122 valence electrons. The molecule has 0 unspecified atom stereocenters. The Labute approximate surface area is 139 Å². The van der Waals surface area contributed by atoms with Crippen molar-refractivity contribution in [2.24, 2.45) is 0 Å². The topological polar surface area (TPSA) is 102 Å². The number of hydrogen-bond donors (Lipinski definition) is 3. The molecular weight excluding hydrogens is 318 g/mol. The van der Waals surface area contributed by atoms with E-state index in [9.17, 15) is 9.59 Å². The largest absolute Gasteiger partial charge is 0.481 e. The first-order chi connectivity index (χ1) is 11.0. The molecule has 1 amide bonds. The molecule has 0 aromatic heterocycles. The number of carboxylic acids is 1. The van der Waals surface area contributed by atoms with Crippen molar-refractivity contribution in [3.05, 3.63) is 46.6 Å². The van der Waals surface area contributed by atoms with Crippen molar-refractivity contribution >= 4 is 23.5 Å². The van der Waals surface area contributed by atoms with Gasteiger partial charge in [-0.25, -0.2) is 0 Å². The summed E-state index contributed by atoms with van der Waals surface area (Å²) in [4.78, 5) is 22.1. The average Bonchev–Trinajstić information content (AvgIpc) is 2.53. The van der Waals surface area contributed by atoms with Gasteiger partial charge >= 0.3 is 5.97 Å². The van der Waals surface area contributed by atoms with Gasteiger partial charge in [-0.05, 0) is 30.5 Å². The molecule has 0 radical (unpaired) electrons. The first-order valence-corrected chi connectivity index (χ1v) is 7.49. The van der Waals surface area contributed by atoms with Gasteiger partial charge in [-0.15, -0.1) is 0 Å². The van der Waals surface area contributed by atoms with Crippen LogP contribution in [0.2, 0.25) is 5.02 Å². The van der Waals surface area contributed by atoms with Gasteiger partial charge in [0.25, 0.3) is 5.91 Å². The van der Waals surface area contributed by atoms with Gasteiger partial charge in [0.05, 0.1) is 0 Å². The van der Waals surface area contributed by atoms with Gasteiger partial charge in [-0.1, -0.05) is 23.7 Å². The van der Waals surface area contributed by atoms with E-state index in [4.69, 9.17) is 22.0 Å². The van der Waals surface area contributed by atoms with Gasteiger partial charge in [0, 0.05) is 30.7 Å². The van der Waals surface area contributed by atoms with Crippen molar-refractivity contribution in [1.29, 1.82) is 5.26 Å². The molecule has 0 fully saturated rings. The van der Waals surface area contributed by atoms with Crippen molar-refractivity contribution < 1.29 is 14.7 Å². The van der Waals surface area contributed by atoms with Gasteiger partial charge in [0.2, 0.25) is 0 Å². The van der Waals surface area contributed by atoms with Crippen LogP contribution in [-0.2, 0) is 16.0 Å². The highest BCUT2D eigenvalue weighted by Crippen LogP contribution is 2.09. The van der Waals surface area contributed by atoms with E-state index in [1.807, 2.05) is 18.2 Å². The van der Waals surface area contributed by atoms with Crippen LogP contribution >= 0.6 is 11.6 Å². The van der Waals surface area contributed by atoms with E-state index >= 15 is 0 Å². The molecule has 1 rings (SSSR count). The fraction of sp³-hybridized carbons (Fsp3) is 0.312. The predicted molar refractivity (Wildman–Crippen MR) is 86.7 cm³/mol. The summed E-state index contributed by atoms with van der Waals surface area (Å²) >= 11 is 5.80. The maximum Gasteiger partial charge on any atom is 0.303 e. The van der Waals surface area contributed by atoms with E-state index < -0.39 is 11.9 Å². The van der Waals surface area contributed by atoms with Crippen molar-refractivity contribution in [1.82, 2.24) is 10.6 Å². The highest BCUT2D eigenvalue weighted by atomic mass is 35.5. The lowest BCUT2D eigenvalue weighted by molar-refractivity contribution is -0.137. The number of carbonyl (C=O) groups excluding carboxylic acids is 1. The SMILES string of the molecule is N#C/C(=C/NCCc1ccc(Cl)cc1)C(=O)NCCCC(=O)O. The van der Waals surface area contributed by atoms with Crippen LogP contribution in [0, 0.1) is 11.3 Å². The normalized spacial score (nSPS) is 10.7. The van der Waals surface area contributed by atoms with Crippen LogP contribution < -0.4 is 10.6 Å². The molecule has 3 N–H and O–H groups in total. The number of nitrogens with zero attached hydrogens (tertiary/aromatic N) is 1. The van der Waals surface area contributed by atoms with Gasteiger partial charge in [-0.3, -0.25) is 9.59 Å². The Morgan fingerprint density at radius 1 is 1.26 bits per heavy atom. The molecule has 0 spiro atoms. The van der Waals surface area contributed by atoms with E-state index in [1.165, 1.54) is 6.20 Å². The van der Waals surface area contributed by atoms with Gasteiger partial charge < -0.3 is 15.7 Å². The molecule has 7 heteroatoms. The quantitative estimate of drug-likeness (QED) is 0.363. The Kier molecular flexibility index (Phi) is 8.25. The van der Waals surface area contributed by atoms with Crippen LogP contribution in [0.4, 0.5) is 0 Å². The zero-order chi connectivity index (χ0) is 17.1. The fourth-order valence-electron chi connectivity index (χ4n) is 1.73. The van der Waals surface area contributed by atoms with E-state index in [0.29, 0.717) is 18.0 Å². The Morgan fingerprint density at radius 2 is 1.96 bits per heavy atom. The zero-order valence-electron chi connectivity index (χ0n) is 12.5. The number of benzene rings is 1. The second kappa shape index (κ2) is 10.2. The molecule has 23 heavy (non-hydrogen) atoms. The van der Waals surface area contributed by atoms with Gasteiger partial charge in [-0.2, -0.15) is 5.26 Å². The monoisotopic (exact) mass is 335 g/mol. The van der Waals surface area contributed by atoms with E-state index in [1.54, 1.807) is 12.1 Å². The molecule has 0 aliphatic rings. The number of halogens is 1. The fourth-order valence-corrected chi connectivity index (χ4v) is 1.85. The molecule has 6 nitrogen and oxygen atoms in total. The standard InChI is InChI=1S/C16H18ClN3O3/c17-14-5-3-12(4-6-14)7-9-19-11-13(10-18)16(23)20-8-1-2-15(21)22/h3-6,11,19H,1-2,7-9H2,(H,20,23)(H,21,22)/b13-11-. The van der Waals surface area contributed by atoms with E-state index in [-0.39, 0.29) is 18.5 Å². The number of nitriles is 1. The summed E-state index contributed by atoms with van der Waals surface area (Å²) in [7, 11) is 0. The summed E-state index contributed by atoms with van der Waals surface area (Å²) in [5, 5.41) is 23.5. The van der Waals surface area contributed by atoms with Crippen LogP contribution in [0.15, 0.2) is 36.0 Å². The van der Waals surface area contributed by atoms with Crippen molar-refractivity contribution in [3.8, 4) is 6.07 Å². The highest BCUT2D eigenvalue weighted by molar-refractivity contribution is 6.30. The Morgan fingerprint density at radius 3 is 2.57 bits per heavy atom. The zero-order valence-corrected chi connectivity index (χ0v) is 13.3. The lowest BCUT2D eigenvalue weighted by Gasteiger charge is -2.05. The Bertz CT molecular complexity index is 606.